The molecule has 0 saturated heterocycles. The third-order valence-electron chi connectivity index (χ3n) is 3.38. The van der Waals surface area contributed by atoms with Crippen molar-refractivity contribution in [2.75, 3.05) is 26.9 Å². The maximum atomic E-state index is 11.7. The molecule has 2 aromatic rings. The van der Waals surface area contributed by atoms with E-state index in [0.29, 0.717) is 30.2 Å². The van der Waals surface area contributed by atoms with E-state index >= 15 is 0 Å². The summed E-state index contributed by atoms with van der Waals surface area (Å²) in [5.74, 6) is 1.75. The number of carbonyl (C=O) groups is 2. The second-order valence-electron chi connectivity index (χ2n) is 5.24. The number of benzene rings is 2. The van der Waals surface area contributed by atoms with Crippen molar-refractivity contribution in [2.45, 2.75) is 6.92 Å². The highest BCUT2D eigenvalue weighted by molar-refractivity contribution is 5.94. The zero-order chi connectivity index (χ0) is 18.1. The highest BCUT2D eigenvalue weighted by Gasteiger charge is 2.04. The maximum absolute atomic E-state index is 11.7. The van der Waals surface area contributed by atoms with Gasteiger partial charge in [0.1, 0.15) is 23.9 Å². The van der Waals surface area contributed by atoms with Crippen LogP contribution in [0.4, 0.5) is 0 Å². The highest BCUT2D eigenvalue weighted by Crippen LogP contribution is 2.16. The maximum Gasteiger partial charge on any atom is 0.258 e. The lowest BCUT2D eigenvalue weighted by Gasteiger charge is -2.09. The van der Waals surface area contributed by atoms with Gasteiger partial charge in [-0.15, -0.1) is 0 Å². The zero-order valence-corrected chi connectivity index (χ0v) is 14.3. The fourth-order valence-corrected chi connectivity index (χ4v) is 2.02. The van der Waals surface area contributed by atoms with Gasteiger partial charge in [-0.2, -0.15) is 0 Å². The van der Waals surface area contributed by atoms with Gasteiger partial charge in [0.05, 0.1) is 13.7 Å². The number of ether oxygens (including phenoxy) is 3. The quantitative estimate of drug-likeness (QED) is 0.559. The summed E-state index contributed by atoms with van der Waals surface area (Å²) < 4.78 is 15.9. The highest BCUT2D eigenvalue weighted by atomic mass is 16.5. The van der Waals surface area contributed by atoms with E-state index in [1.165, 1.54) is 6.92 Å². The van der Waals surface area contributed by atoms with Crippen LogP contribution in [-0.2, 0) is 4.79 Å². The van der Waals surface area contributed by atoms with Gasteiger partial charge >= 0.3 is 0 Å². The molecule has 0 aliphatic heterocycles. The van der Waals surface area contributed by atoms with Gasteiger partial charge in [-0.25, -0.2) is 0 Å². The average molecular weight is 343 g/mol. The molecule has 132 valence electrons. The van der Waals surface area contributed by atoms with Gasteiger partial charge in [0.2, 0.25) is 0 Å². The summed E-state index contributed by atoms with van der Waals surface area (Å²) in [4.78, 5) is 22.9. The van der Waals surface area contributed by atoms with Crippen LogP contribution in [0.5, 0.6) is 17.2 Å². The Morgan fingerprint density at radius 1 is 0.880 bits per heavy atom. The summed E-state index contributed by atoms with van der Waals surface area (Å²) in [5, 5.41) is 2.71. The molecule has 6 heteroatoms. The van der Waals surface area contributed by atoms with Gasteiger partial charge in [0, 0.05) is 5.56 Å². The molecule has 0 unspecified atom stereocenters. The van der Waals surface area contributed by atoms with Crippen LogP contribution in [0.2, 0.25) is 0 Å². The summed E-state index contributed by atoms with van der Waals surface area (Å²) >= 11 is 0. The number of hydrogen-bond acceptors (Lipinski definition) is 5. The number of methoxy groups -OCH3 is 1. The molecular weight excluding hydrogens is 322 g/mol. The number of rotatable bonds is 9. The number of Topliss-reactive ketones (excluding diaryl/α,β-unsaturated/α-hetero) is 1. The van der Waals surface area contributed by atoms with Gasteiger partial charge in [0.25, 0.3) is 5.91 Å². The van der Waals surface area contributed by atoms with Crippen LogP contribution >= 0.6 is 0 Å². The predicted molar refractivity (Wildman–Crippen MR) is 93.4 cm³/mol. The third-order valence-corrected chi connectivity index (χ3v) is 3.38. The molecule has 1 amide bonds. The molecule has 25 heavy (non-hydrogen) atoms. The molecule has 6 nitrogen and oxygen atoms in total. The molecule has 0 radical (unpaired) electrons. The third kappa shape index (κ3) is 6.18. The average Bonchev–Trinajstić information content (AvgIpc) is 2.64. The van der Waals surface area contributed by atoms with E-state index in [-0.39, 0.29) is 18.3 Å². The molecule has 1 N–H and O–H groups in total. The summed E-state index contributed by atoms with van der Waals surface area (Å²) in [7, 11) is 1.60. The standard InChI is InChI=1S/C19H21NO5/c1-14(21)15-3-5-18(6-4-15)25-13-19(22)20-11-12-24-17-9-7-16(23-2)8-10-17/h3-10H,11-13H2,1-2H3,(H,20,22). The fraction of sp³-hybridized carbons (Fsp3) is 0.263. The van der Waals surface area contributed by atoms with Gasteiger partial charge in [-0.3, -0.25) is 9.59 Å². The van der Waals surface area contributed by atoms with E-state index < -0.39 is 0 Å². The number of amides is 1. The van der Waals surface area contributed by atoms with Crippen molar-refractivity contribution >= 4 is 11.7 Å². The van der Waals surface area contributed by atoms with Gasteiger partial charge in [-0.1, -0.05) is 0 Å². The van der Waals surface area contributed by atoms with E-state index in [0.717, 1.165) is 5.75 Å². The minimum absolute atomic E-state index is 0.0128. The van der Waals surface area contributed by atoms with Gasteiger partial charge in [-0.05, 0) is 55.5 Å². The molecule has 2 rings (SSSR count). The smallest absolute Gasteiger partial charge is 0.258 e. The second kappa shape index (κ2) is 9.32. The van der Waals surface area contributed by atoms with Crippen LogP contribution in [0.1, 0.15) is 17.3 Å². The monoisotopic (exact) mass is 343 g/mol. The normalized spacial score (nSPS) is 10.0. The molecule has 0 atom stereocenters. The molecule has 0 spiro atoms. The zero-order valence-electron chi connectivity index (χ0n) is 14.3. The molecule has 0 aliphatic carbocycles. The fourth-order valence-electron chi connectivity index (χ4n) is 2.02. The van der Waals surface area contributed by atoms with Crippen LogP contribution in [0.25, 0.3) is 0 Å². The van der Waals surface area contributed by atoms with E-state index in [4.69, 9.17) is 14.2 Å². The van der Waals surface area contributed by atoms with Crippen molar-refractivity contribution in [1.82, 2.24) is 5.32 Å². The van der Waals surface area contributed by atoms with E-state index in [1.807, 2.05) is 0 Å². The molecule has 0 saturated carbocycles. The number of ketones is 1. The number of nitrogens with one attached hydrogen (secondary N) is 1. The van der Waals surface area contributed by atoms with Crippen LogP contribution in [0.3, 0.4) is 0 Å². The number of hydrogen-bond donors (Lipinski definition) is 1. The van der Waals surface area contributed by atoms with E-state index in [2.05, 4.69) is 5.32 Å². The minimum Gasteiger partial charge on any atom is -0.497 e. The Bertz CT molecular complexity index is 695. The van der Waals surface area contributed by atoms with Crippen molar-refractivity contribution in [3.63, 3.8) is 0 Å². The molecular formula is C19H21NO5. The van der Waals surface area contributed by atoms with Crippen LogP contribution in [0.15, 0.2) is 48.5 Å². The molecule has 0 heterocycles. The summed E-state index contributed by atoms with van der Waals surface area (Å²) in [5.41, 5.74) is 0.604. The summed E-state index contributed by atoms with van der Waals surface area (Å²) in [6, 6.07) is 13.9. The van der Waals surface area contributed by atoms with Crippen molar-refractivity contribution in [3.8, 4) is 17.2 Å². The Morgan fingerprint density at radius 2 is 1.44 bits per heavy atom. The summed E-state index contributed by atoms with van der Waals surface area (Å²) in [6.07, 6.45) is 0. The molecule has 0 aliphatic rings. The first kappa shape index (κ1) is 18.3. The Balaban J connectivity index is 1.64. The van der Waals surface area contributed by atoms with Crippen molar-refractivity contribution in [3.05, 3.63) is 54.1 Å². The van der Waals surface area contributed by atoms with Gasteiger partial charge in [0.15, 0.2) is 12.4 Å². The van der Waals surface area contributed by atoms with Crippen LogP contribution in [-0.4, -0.2) is 38.6 Å². The van der Waals surface area contributed by atoms with Crippen molar-refractivity contribution < 1.29 is 23.8 Å². The first-order valence-electron chi connectivity index (χ1n) is 7.86. The Morgan fingerprint density at radius 3 is 2.04 bits per heavy atom. The van der Waals surface area contributed by atoms with Crippen LogP contribution < -0.4 is 19.5 Å². The Kier molecular flexibility index (Phi) is 6.83. The molecule has 0 fully saturated rings. The minimum atomic E-state index is -0.242. The lowest BCUT2D eigenvalue weighted by atomic mass is 10.1. The second-order valence-corrected chi connectivity index (χ2v) is 5.24. The topological polar surface area (TPSA) is 73.9 Å². The van der Waals surface area contributed by atoms with E-state index in [1.54, 1.807) is 55.6 Å². The SMILES string of the molecule is COc1ccc(OCCNC(=O)COc2ccc(C(C)=O)cc2)cc1. The molecule has 2 aromatic carbocycles. The molecule has 0 aromatic heterocycles. The van der Waals surface area contributed by atoms with E-state index in [9.17, 15) is 9.59 Å². The Labute approximate surface area is 146 Å². The first-order chi connectivity index (χ1) is 12.1. The van der Waals surface area contributed by atoms with Gasteiger partial charge < -0.3 is 19.5 Å². The summed E-state index contributed by atoms with van der Waals surface area (Å²) in [6.45, 7) is 2.13. The van der Waals surface area contributed by atoms with Crippen molar-refractivity contribution in [1.29, 1.82) is 0 Å². The largest absolute Gasteiger partial charge is 0.497 e. The van der Waals surface area contributed by atoms with Crippen LogP contribution in [0, 0.1) is 0 Å². The Hall–Kier alpha value is -3.02. The lowest BCUT2D eigenvalue weighted by molar-refractivity contribution is -0.123. The predicted octanol–water partition coefficient (Wildman–Crippen LogP) is 2.47. The molecule has 0 bridgehead atoms. The van der Waals surface area contributed by atoms with Crippen molar-refractivity contribution in [2.24, 2.45) is 0 Å². The first-order valence-corrected chi connectivity index (χ1v) is 7.86. The number of carbonyl (C=O) groups excluding carboxylic acids is 2. The lowest BCUT2D eigenvalue weighted by Crippen LogP contribution is -2.32.